The van der Waals surface area contributed by atoms with Crippen molar-refractivity contribution in [3.8, 4) is 0 Å². The van der Waals surface area contributed by atoms with Crippen LogP contribution in [0.4, 0.5) is 4.39 Å². The second kappa shape index (κ2) is 4.70. The minimum Gasteiger partial charge on any atom is -0.256 e. The summed E-state index contributed by atoms with van der Waals surface area (Å²) in [5.41, 5.74) is 1.65. The van der Waals surface area contributed by atoms with Crippen LogP contribution in [-0.2, 0) is 0 Å². The molecule has 0 aliphatic heterocycles. The van der Waals surface area contributed by atoms with E-state index < -0.39 is 0 Å². The fourth-order valence-corrected chi connectivity index (χ4v) is 1.32. The minimum absolute atomic E-state index is 0.223. The van der Waals surface area contributed by atoms with Crippen molar-refractivity contribution >= 4 is 10.9 Å². The van der Waals surface area contributed by atoms with Crippen molar-refractivity contribution in [3.63, 3.8) is 0 Å². The molecule has 0 saturated carbocycles. The third-order valence-corrected chi connectivity index (χ3v) is 1.89. The van der Waals surface area contributed by atoms with Crippen molar-refractivity contribution in [2.24, 2.45) is 0 Å². The lowest BCUT2D eigenvalue weighted by molar-refractivity contribution is 0.628. The first-order valence-corrected chi connectivity index (χ1v) is 4.78. The number of benzene rings is 1. The molecule has 0 saturated heterocycles. The van der Waals surface area contributed by atoms with Crippen LogP contribution in [0.3, 0.4) is 0 Å². The molecule has 14 heavy (non-hydrogen) atoms. The molecule has 0 aliphatic carbocycles. The van der Waals surface area contributed by atoms with E-state index in [0.717, 1.165) is 16.5 Å². The van der Waals surface area contributed by atoms with Gasteiger partial charge in [-0.15, -0.1) is 0 Å². The molecular weight excluding hydrogens is 177 g/mol. The summed E-state index contributed by atoms with van der Waals surface area (Å²) in [6, 6.07) is 6.76. The van der Waals surface area contributed by atoms with Gasteiger partial charge in [0.1, 0.15) is 5.82 Å². The first-order valence-electron chi connectivity index (χ1n) is 4.78. The Hall–Kier alpha value is -1.44. The molecule has 0 atom stereocenters. The van der Waals surface area contributed by atoms with Gasteiger partial charge < -0.3 is 0 Å². The van der Waals surface area contributed by atoms with Crippen molar-refractivity contribution in [3.05, 3.63) is 41.8 Å². The molecule has 0 fully saturated rings. The smallest absolute Gasteiger partial charge is 0.125 e. The molecule has 2 heteroatoms. The molecular formula is C12H14FN. The number of pyridine rings is 1. The number of fused-ring (bicyclic) bond motifs is 1. The Balaban J connectivity index is 0.000000461. The number of nitrogens with zero attached hydrogens (tertiary/aromatic N) is 1. The van der Waals surface area contributed by atoms with E-state index in [2.05, 4.69) is 4.98 Å². The fraction of sp³-hybridized carbons (Fsp3) is 0.250. The summed E-state index contributed by atoms with van der Waals surface area (Å²) in [4.78, 5) is 4.06. The van der Waals surface area contributed by atoms with E-state index in [-0.39, 0.29) is 5.82 Å². The molecule has 1 nitrogen and oxygen atoms in total. The molecule has 1 heterocycles. The maximum absolute atomic E-state index is 12.9. The molecule has 1 aromatic carbocycles. The number of halogens is 1. The van der Waals surface area contributed by atoms with Gasteiger partial charge in [0.2, 0.25) is 0 Å². The van der Waals surface area contributed by atoms with Crippen LogP contribution in [-0.4, -0.2) is 4.98 Å². The Morgan fingerprint density at radius 2 is 1.93 bits per heavy atom. The van der Waals surface area contributed by atoms with Crippen LogP contribution in [0.5, 0.6) is 0 Å². The molecule has 0 bridgehead atoms. The van der Waals surface area contributed by atoms with Gasteiger partial charge in [0.05, 0.1) is 5.52 Å². The van der Waals surface area contributed by atoms with Crippen molar-refractivity contribution in [2.45, 2.75) is 20.8 Å². The zero-order valence-electron chi connectivity index (χ0n) is 8.71. The van der Waals surface area contributed by atoms with Crippen LogP contribution in [0.2, 0.25) is 0 Å². The Labute approximate surface area is 83.6 Å². The zero-order valence-corrected chi connectivity index (χ0v) is 8.71. The van der Waals surface area contributed by atoms with E-state index >= 15 is 0 Å². The molecule has 1 aromatic heterocycles. The van der Waals surface area contributed by atoms with E-state index in [4.69, 9.17) is 0 Å². The predicted octanol–water partition coefficient (Wildman–Crippen LogP) is 3.71. The lowest BCUT2D eigenvalue weighted by atomic mass is 10.1. The second-order valence-corrected chi connectivity index (χ2v) is 2.79. The van der Waals surface area contributed by atoms with Crippen LogP contribution in [0.25, 0.3) is 10.9 Å². The Kier molecular flexibility index (Phi) is 3.57. The molecule has 74 valence electrons. The van der Waals surface area contributed by atoms with Gasteiger partial charge in [0, 0.05) is 17.6 Å². The zero-order chi connectivity index (χ0) is 10.6. The maximum Gasteiger partial charge on any atom is 0.125 e. The lowest BCUT2D eigenvalue weighted by Gasteiger charge is -1.99. The van der Waals surface area contributed by atoms with Crippen LogP contribution >= 0.6 is 0 Å². The van der Waals surface area contributed by atoms with E-state index in [1.165, 1.54) is 12.1 Å². The summed E-state index contributed by atoms with van der Waals surface area (Å²) in [5, 5.41) is 1.01. The molecule has 2 rings (SSSR count). The van der Waals surface area contributed by atoms with E-state index in [1.807, 2.05) is 32.9 Å². The first-order chi connectivity index (χ1) is 6.77. The predicted molar refractivity (Wildman–Crippen MR) is 57.8 cm³/mol. The summed E-state index contributed by atoms with van der Waals surface area (Å²) in [5.74, 6) is -0.223. The van der Waals surface area contributed by atoms with Crippen molar-refractivity contribution in [1.82, 2.24) is 4.98 Å². The highest BCUT2D eigenvalue weighted by Crippen LogP contribution is 2.16. The van der Waals surface area contributed by atoms with Gasteiger partial charge in [0.25, 0.3) is 0 Å². The molecule has 0 spiro atoms. The first kappa shape index (κ1) is 10.6. The topological polar surface area (TPSA) is 12.9 Å². The molecule has 0 radical (unpaired) electrons. The molecule has 0 unspecified atom stereocenters. The maximum atomic E-state index is 12.9. The van der Waals surface area contributed by atoms with E-state index in [0.29, 0.717) is 0 Å². The number of aromatic nitrogens is 1. The highest BCUT2D eigenvalue weighted by Gasteiger charge is 1.99. The standard InChI is InChI=1S/C10H8FN.C2H6/c1-7-5-8(11)6-10-9(7)3-2-4-12-10;1-2/h2-6H,1H3;1-2H3. The van der Waals surface area contributed by atoms with Crippen molar-refractivity contribution in [1.29, 1.82) is 0 Å². The highest BCUT2D eigenvalue weighted by molar-refractivity contribution is 5.81. The third-order valence-electron chi connectivity index (χ3n) is 1.89. The largest absolute Gasteiger partial charge is 0.256 e. The summed E-state index contributed by atoms with van der Waals surface area (Å²) < 4.78 is 12.9. The third kappa shape index (κ3) is 2.08. The normalized spacial score (nSPS) is 9.43. The Morgan fingerprint density at radius 1 is 1.21 bits per heavy atom. The number of rotatable bonds is 0. The average molecular weight is 191 g/mol. The molecule has 2 aromatic rings. The van der Waals surface area contributed by atoms with E-state index in [1.54, 1.807) is 6.20 Å². The SMILES string of the molecule is CC.Cc1cc(F)cc2ncccc12. The molecule has 0 aliphatic rings. The number of hydrogen-bond acceptors (Lipinski definition) is 1. The van der Waals surface area contributed by atoms with Gasteiger partial charge in [-0.25, -0.2) is 4.39 Å². The fourth-order valence-electron chi connectivity index (χ4n) is 1.32. The lowest BCUT2D eigenvalue weighted by Crippen LogP contribution is -1.83. The Morgan fingerprint density at radius 3 is 2.64 bits per heavy atom. The second-order valence-electron chi connectivity index (χ2n) is 2.79. The van der Waals surface area contributed by atoms with Crippen LogP contribution in [0.1, 0.15) is 19.4 Å². The summed E-state index contributed by atoms with van der Waals surface area (Å²) in [7, 11) is 0. The molecule has 0 amide bonds. The van der Waals surface area contributed by atoms with Gasteiger partial charge in [-0.3, -0.25) is 4.98 Å². The van der Waals surface area contributed by atoms with E-state index in [9.17, 15) is 4.39 Å². The van der Waals surface area contributed by atoms with Crippen LogP contribution in [0.15, 0.2) is 30.5 Å². The summed E-state index contributed by atoms with van der Waals surface area (Å²) in [6.07, 6.45) is 1.67. The minimum atomic E-state index is -0.223. The van der Waals surface area contributed by atoms with Crippen LogP contribution < -0.4 is 0 Å². The number of aryl methyl sites for hydroxylation is 1. The van der Waals surface area contributed by atoms with Crippen LogP contribution in [0, 0.1) is 12.7 Å². The number of hydrogen-bond donors (Lipinski definition) is 0. The molecule has 0 N–H and O–H groups in total. The highest BCUT2D eigenvalue weighted by atomic mass is 19.1. The average Bonchev–Trinajstić information content (AvgIpc) is 2.20. The van der Waals surface area contributed by atoms with Gasteiger partial charge in [0.15, 0.2) is 0 Å². The Bertz CT molecular complexity index is 424. The van der Waals surface area contributed by atoms with Gasteiger partial charge >= 0.3 is 0 Å². The van der Waals surface area contributed by atoms with Gasteiger partial charge in [-0.05, 0) is 24.6 Å². The summed E-state index contributed by atoms with van der Waals surface area (Å²) in [6.45, 7) is 5.88. The summed E-state index contributed by atoms with van der Waals surface area (Å²) >= 11 is 0. The van der Waals surface area contributed by atoms with Crippen molar-refractivity contribution in [2.75, 3.05) is 0 Å². The van der Waals surface area contributed by atoms with Crippen molar-refractivity contribution < 1.29 is 4.39 Å². The van der Waals surface area contributed by atoms with Gasteiger partial charge in [-0.1, -0.05) is 19.9 Å². The monoisotopic (exact) mass is 191 g/mol. The quantitative estimate of drug-likeness (QED) is 0.618. The van der Waals surface area contributed by atoms with Gasteiger partial charge in [-0.2, -0.15) is 0 Å².